The van der Waals surface area contributed by atoms with Gasteiger partial charge >= 0.3 is 11.9 Å². The van der Waals surface area contributed by atoms with Gasteiger partial charge < -0.3 is 29.5 Å². The molecule has 1 heterocycles. The highest BCUT2D eigenvalue weighted by atomic mass is 16.6. The summed E-state index contributed by atoms with van der Waals surface area (Å²) in [7, 11) is 1.40. The number of carbonyl (C=O) groups excluding carboxylic acids is 2. The van der Waals surface area contributed by atoms with Gasteiger partial charge in [-0.15, -0.1) is 0 Å². The normalized spacial score (nSPS) is 18.0. The molecule has 0 aromatic carbocycles. The van der Waals surface area contributed by atoms with Crippen LogP contribution in [0.3, 0.4) is 0 Å². The van der Waals surface area contributed by atoms with Crippen molar-refractivity contribution in [2.45, 2.75) is 70.0 Å². The fourth-order valence-electron chi connectivity index (χ4n) is 2.66. The highest BCUT2D eigenvalue weighted by Crippen LogP contribution is 2.24. The molecule has 2 unspecified atom stereocenters. The number of hydrogen-bond acceptors (Lipinski definition) is 8. The van der Waals surface area contributed by atoms with Crippen LogP contribution < -0.4 is 0 Å². The minimum absolute atomic E-state index is 0.158. The van der Waals surface area contributed by atoms with E-state index in [9.17, 15) is 19.8 Å². The van der Waals surface area contributed by atoms with Gasteiger partial charge in [0.15, 0.2) is 11.9 Å². The van der Waals surface area contributed by atoms with Crippen molar-refractivity contribution < 1.29 is 39.1 Å². The van der Waals surface area contributed by atoms with Gasteiger partial charge in [0.05, 0.1) is 20.3 Å². The number of cyclic esters (lactones) is 1. The molecule has 0 aliphatic carbocycles. The summed E-state index contributed by atoms with van der Waals surface area (Å²) in [5.41, 5.74) is 0. The summed E-state index contributed by atoms with van der Waals surface area (Å²) in [5.74, 6) is -1.74. The van der Waals surface area contributed by atoms with Crippen molar-refractivity contribution in [3.8, 4) is 0 Å². The second-order valence-corrected chi connectivity index (χ2v) is 6.29. The first-order valence-electron chi connectivity index (χ1n) is 9.14. The van der Waals surface area contributed by atoms with Crippen molar-refractivity contribution in [1.29, 1.82) is 0 Å². The van der Waals surface area contributed by atoms with Crippen molar-refractivity contribution in [3.05, 3.63) is 11.5 Å². The topological polar surface area (TPSA) is 123 Å². The van der Waals surface area contributed by atoms with Crippen LogP contribution in [0.1, 0.15) is 57.8 Å². The molecule has 0 radical (unpaired) electrons. The fraction of sp³-hybridized carbons (Fsp3) is 0.778. The Hall–Kier alpha value is -1.80. The summed E-state index contributed by atoms with van der Waals surface area (Å²) < 4.78 is 14.6. The van der Waals surface area contributed by atoms with Crippen LogP contribution in [-0.2, 0) is 23.8 Å². The first-order valence-corrected chi connectivity index (χ1v) is 9.14. The first kappa shape index (κ1) is 22.2. The number of esters is 2. The molecule has 2 atom stereocenters. The Bertz CT molecular complexity index is 474. The summed E-state index contributed by atoms with van der Waals surface area (Å²) in [5, 5.41) is 28.1. The minimum atomic E-state index is -1.37. The summed E-state index contributed by atoms with van der Waals surface area (Å²) in [6, 6.07) is 0. The number of aliphatic hydroxyl groups is 3. The van der Waals surface area contributed by atoms with E-state index in [-0.39, 0.29) is 18.3 Å². The van der Waals surface area contributed by atoms with Crippen LogP contribution in [0.4, 0.5) is 0 Å². The predicted molar refractivity (Wildman–Crippen MR) is 92.1 cm³/mol. The van der Waals surface area contributed by atoms with Crippen LogP contribution in [0.15, 0.2) is 11.5 Å². The van der Waals surface area contributed by atoms with E-state index in [0.717, 1.165) is 51.4 Å². The minimum Gasteiger partial charge on any atom is -0.505 e. The highest BCUT2D eigenvalue weighted by Gasteiger charge is 2.40. The molecule has 1 rings (SSSR count). The zero-order valence-corrected chi connectivity index (χ0v) is 15.3. The third-order valence-corrected chi connectivity index (χ3v) is 4.21. The monoisotopic (exact) mass is 374 g/mol. The molecule has 1 aliphatic rings. The summed E-state index contributed by atoms with van der Waals surface area (Å²) in [4.78, 5) is 22.5. The molecule has 8 nitrogen and oxygen atoms in total. The number of ether oxygens (including phenoxy) is 3. The number of hydrogen-bond donors (Lipinski definition) is 3. The number of methoxy groups -OCH3 is 1. The molecule has 8 heteroatoms. The van der Waals surface area contributed by atoms with Gasteiger partial charge in [-0.05, 0) is 12.8 Å². The quantitative estimate of drug-likeness (QED) is 0.310. The zero-order chi connectivity index (χ0) is 19.4. The van der Waals surface area contributed by atoms with E-state index >= 15 is 0 Å². The maximum absolute atomic E-state index is 11.6. The highest BCUT2D eigenvalue weighted by molar-refractivity contribution is 5.89. The van der Waals surface area contributed by atoms with Gasteiger partial charge in [0.2, 0.25) is 5.76 Å². The molecule has 0 spiro atoms. The van der Waals surface area contributed by atoms with Gasteiger partial charge in [0, 0.05) is 6.42 Å². The van der Waals surface area contributed by atoms with Gasteiger partial charge in [0.1, 0.15) is 6.10 Å². The average Bonchev–Trinajstić information content (AvgIpc) is 2.93. The number of unbranched alkanes of at least 4 members (excludes halogenated alkanes) is 7. The van der Waals surface area contributed by atoms with Crippen molar-refractivity contribution in [2.24, 2.45) is 0 Å². The molecule has 3 N–H and O–H groups in total. The zero-order valence-electron chi connectivity index (χ0n) is 15.3. The number of aliphatic hydroxyl groups excluding tert-OH is 3. The Balaban J connectivity index is 2.04. The van der Waals surface area contributed by atoms with Crippen molar-refractivity contribution in [3.63, 3.8) is 0 Å². The molecule has 0 bridgehead atoms. The van der Waals surface area contributed by atoms with Crippen LogP contribution in [0.2, 0.25) is 0 Å². The largest absolute Gasteiger partial charge is 0.505 e. The van der Waals surface area contributed by atoms with Gasteiger partial charge in [-0.2, -0.15) is 0 Å². The van der Waals surface area contributed by atoms with E-state index in [4.69, 9.17) is 14.6 Å². The molecule has 150 valence electrons. The number of rotatable bonds is 14. The second kappa shape index (κ2) is 12.5. The van der Waals surface area contributed by atoms with Crippen LogP contribution in [0.5, 0.6) is 0 Å². The lowest BCUT2D eigenvalue weighted by atomic mass is 10.1. The first-order chi connectivity index (χ1) is 12.5. The fourth-order valence-corrected chi connectivity index (χ4v) is 2.66. The molecular formula is C18H30O8. The van der Waals surface area contributed by atoms with Crippen LogP contribution in [0, 0.1) is 0 Å². The smallest absolute Gasteiger partial charge is 0.378 e. The van der Waals surface area contributed by atoms with Crippen LogP contribution in [0.25, 0.3) is 0 Å². The van der Waals surface area contributed by atoms with Gasteiger partial charge in [-0.25, -0.2) is 4.79 Å². The molecule has 1 aliphatic heterocycles. The molecule has 0 fully saturated rings. The van der Waals surface area contributed by atoms with E-state index in [1.165, 1.54) is 7.11 Å². The van der Waals surface area contributed by atoms with Crippen molar-refractivity contribution >= 4 is 11.9 Å². The van der Waals surface area contributed by atoms with E-state index < -0.39 is 30.5 Å². The Morgan fingerprint density at radius 3 is 2.27 bits per heavy atom. The molecule has 0 saturated heterocycles. The SMILES string of the molecule is COC(=O)CCCCCCCCCCOC1=C(O)C(C(O)CO)OC1=O. The van der Waals surface area contributed by atoms with Crippen molar-refractivity contribution in [2.75, 3.05) is 20.3 Å². The Morgan fingerprint density at radius 2 is 1.69 bits per heavy atom. The number of carbonyl (C=O) groups is 2. The van der Waals surface area contributed by atoms with E-state index in [1.54, 1.807) is 0 Å². The standard InChI is InChI=1S/C18H30O8/c1-24-14(21)10-8-6-4-2-3-5-7-9-11-25-17-15(22)16(13(20)12-19)26-18(17)23/h13,16,19-20,22H,2-12H2,1H3. The maximum atomic E-state index is 11.6. The van der Waals surface area contributed by atoms with Gasteiger partial charge in [-0.3, -0.25) is 4.79 Å². The predicted octanol–water partition coefficient (Wildman–Crippen LogP) is 1.74. The Kier molecular flexibility index (Phi) is 10.7. The lowest BCUT2D eigenvalue weighted by molar-refractivity contribution is -0.148. The lowest BCUT2D eigenvalue weighted by Crippen LogP contribution is -2.31. The molecular weight excluding hydrogens is 344 g/mol. The summed E-state index contributed by atoms with van der Waals surface area (Å²) in [6.45, 7) is -0.354. The van der Waals surface area contributed by atoms with E-state index in [0.29, 0.717) is 6.42 Å². The Labute approximate surface area is 153 Å². The van der Waals surface area contributed by atoms with Gasteiger partial charge in [-0.1, -0.05) is 38.5 Å². The molecule has 0 amide bonds. The van der Waals surface area contributed by atoms with E-state index in [2.05, 4.69) is 4.74 Å². The second-order valence-electron chi connectivity index (χ2n) is 6.29. The third-order valence-electron chi connectivity index (χ3n) is 4.21. The van der Waals surface area contributed by atoms with E-state index in [1.807, 2.05) is 0 Å². The lowest BCUT2D eigenvalue weighted by Gasteiger charge is -2.13. The van der Waals surface area contributed by atoms with Crippen molar-refractivity contribution in [1.82, 2.24) is 0 Å². The van der Waals surface area contributed by atoms with Crippen LogP contribution in [-0.4, -0.2) is 59.8 Å². The average molecular weight is 374 g/mol. The molecule has 0 aromatic heterocycles. The summed E-state index contributed by atoms with van der Waals surface area (Å²) in [6.07, 6.45) is 5.75. The molecule has 0 saturated carbocycles. The Morgan fingerprint density at radius 1 is 1.12 bits per heavy atom. The van der Waals surface area contributed by atoms with Crippen LogP contribution >= 0.6 is 0 Å². The molecule has 0 aromatic rings. The third kappa shape index (κ3) is 7.61. The maximum Gasteiger partial charge on any atom is 0.378 e. The molecule has 26 heavy (non-hydrogen) atoms. The van der Waals surface area contributed by atoms with Gasteiger partial charge in [0.25, 0.3) is 0 Å². The summed E-state index contributed by atoms with van der Waals surface area (Å²) >= 11 is 0.